The molecule has 5 rings (SSSR count). The topological polar surface area (TPSA) is 74.0 Å². The van der Waals surface area contributed by atoms with Gasteiger partial charge in [0.1, 0.15) is 24.4 Å². The molecule has 0 saturated heterocycles. The molecule has 7 heteroatoms. The Bertz CT molecular complexity index is 1350. The fourth-order valence-electron chi connectivity index (χ4n) is 3.54. The lowest BCUT2D eigenvalue weighted by Crippen LogP contribution is -2.18. The van der Waals surface area contributed by atoms with Gasteiger partial charge in [-0.1, -0.05) is 12.1 Å². The standard InChI is InChI=1S/C23H19N5O2/c1-30-18-7-8-20-16(12-18)10-11-27(20)14-23(29)26-17-6-9-22(24-13-17)28-15-25-19-4-2-3-5-21(19)28/h2-13,15H,14H2,1H3,(H,26,29). The maximum atomic E-state index is 12.5. The van der Waals surface area contributed by atoms with Crippen molar-refractivity contribution >= 4 is 33.5 Å². The van der Waals surface area contributed by atoms with E-state index in [2.05, 4.69) is 15.3 Å². The van der Waals surface area contributed by atoms with E-state index in [4.69, 9.17) is 4.74 Å². The number of fused-ring (bicyclic) bond motifs is 2. The van der Waals surface area contributed by atoms with Crippen LogP contribution in [0, 0.1) is 0 Å². The molecular weight excluding hydrogens is 378 g/mol. The summed E-state index contributed by atoms with van der Waals surface area (Å²) >= 11 is 0. The number of rotatable bonds is 5. The fraction of sp³-hybridized carbons (Fsp3) is 0.0870. The van der Waals surface area contributed by atoms with Crippen molar-refractivity contribution in [1.29, 1.82) is 0 Å². The van der Waals surface area contributed by atoms with Gasteiger partial charge < -0.3 is 14.6 Å². The van der Waals surface area contributed by atoms with Crippen molar-refractivity contribution < 1.29 is 9.53 Å². The van der Waals surface area contributed by atoms with Crippen molar-refractivity contribution in [3.05, 3.63) is 79.4 Å². The normalized spacial score (nSPS) is 11.1. The van der Waals surface area contributed by atoms with Gasteiger partial charge in [0, 0.05) is 17.1 Å². The maximum Gasteiger partial charge on any atom is 0.244 e. The number of methoxy groups -OCH3 is 1. The zero-order chi connectivity index (χ0) is 20.5. The van der Waals surface area contributed by atoms with Crippen LogP contribution in [-0.2, 0) is 11.3 Å². The van der Waals surface area contributed by atoms with Gasteiger partial charge in [-0.05, 0) is 48.5 Å². The highest BCUT2D eigenvalue weighted by atomic mass is 16.5. The lowest BCUT2D eigenvalue weighted by Gasteiger charge is -2.09. The van der Waals surface area contributed by atoms with Crippen LogP contribution in [0.2, 0.25) is 0 Å². The zero-order valence-electron chi connectivity index (χ0n) is 16.3. The van der Waals surface area contributed by atoms with E-state index in [1.165, 1.54) is 0 Å². The zero-order valence-corrected chi connectivity index (χ0v) is 16.3. The van der Waals surface area contributed by atoms with Gasteiger partial charge in [0.05, 0.1) is 30.0 Å². The molecule has 0 aliphatic rings. The van der Waals surface area contributed by atoms with Crippen LogP contribution in [0.3, 0.4) is 0 Å². The third-order valence-electron chi connectivity index (χ3n) is 5.02. The number of imidazole rings is 1. The van der Waals surface area contributed by atoms with Gasteiger partial charge in [0.25, 0.3) is 0 Å². The smallest absolute Gasteiger partial charge is 0.244 e. The monoisotopic (exact) mass is 397 g/mol. The number of aromatic nitrogens is 4. The van der Waals surface area contributed by atoms with E-state index in [1.54, 1.807) is 19.6 Å². The first kappa shape index (κ1) is 17.9. The van der Waals surface area contributed by atoms with Crippen LogP contribution in [0.1, 0.15) is 0 Å². The van der Waals surface area contributed by atoms with Crippen molar-refractivity contribution in [2.24, 2.45) is 0 Å². The van der Waals surface area contributed by atoms with E-state index >= 15 is 0 Å². The molecule has 0 aliphatic heterocycles. The summed E-state index contributed by atoms with van der Waals surface area (Å²) < 4.78 is 9.07. The quantitative estimate of drug-likeness (QED) is 0.486. The Morgan fingerprint density at radius 3 is 2.77 bits per heavy atom. The Morgan fingerprint density at radius 1 is 1.03 bits per heavy atom. The van der Waals surface area contributed by atoms with Crippen LogP contribution in [0.5, 0.6) is 5.75 Å². The molecular formula is C23H19N5O2. The molecule has 148 valence electrons. The van der Waals surface area contributed by atoms with Gasteiger partial charge in [0.2, 0.25) is 5.91 Å². The lowest BCUT2D eigenvalue weighted by atomic mass is 10.2. The molecule has 0 spiro atoms. The van der Waals surface area contributed by atoms with Gasteiger partial charge in [-0.25, -0.2) is 9.97 Å². The first-order valence-electron chi connectivity index (χ1n) is 9.52. The van der Waals surface area contributed by atoms with E-state index in [0.29, 0.717) is 5.69 Å². The highest BCUT2D eigenvalue weighted by Gasteiger charge is 2.09. The van der Waals surface area contributed by atoms with Crippen molar-refractivity contribution in [3.8, 4) is 11.6 Å². The number of anilines is 1. The second-order valence-electron chi connectivity index (χ2n) is 6.92. The van der Waals surface area contributed by atoms with Crippen molar-refractivity contribution in [2.75, 3.05) is 12.4 Å². The summed E-state index contributed by atoms with van der Waals surface area (Å²) in [6, 6.07) is 19.3. The number of hydrogen-bond acceptors (Lipinski definition) is 4. The predicted octanol–water partition coefficient (Wildman–Crippen LogP) is 4.02. The Kier molecular flexibility index (Phi) is 4.40. The minimum atomic E-state index is -0.119. The lowest BCUT2D eigenvalue weighted by molar-refractivity contribution is -0.116. The molecule has 30 heavy (non-hydrogen) atoms. The van der Waals surface area contributed by atoms with E-state index < -0.39 is 0 Å². The van der Waals surface area contributed by atoms with Crippen LogP contribution < -0.4 is 10.1 Å². The first-order chi connectivity index (χ1) is 14.7. The number of ether oxygens (including phenoxy) is 1. The molecule has 7 nitrogen and oxygen atoms in total. The molecule has 0 atom stereocenters. The number of benzene rings is 2. The average molecular weight is 397 g/mol. The minimum absolute atomic E-state index is 0.119. The van der Waals surface area contributed by atoms with Gasteiger partial charge in [-0.15, -0.1) is 0 Å². The molecule has 0 radical (unpaired) electrons. The van der Waals surface area contributed by atoms with E-state index in [1.807, 2.05) is 76.0 Å². The number of hydrogen-bond donors (Lipinski definition) is 1. The Labute approximate surface area is 172 Å². The second kappa shape index (κ2) is 7.36. The van der Waals surface area contributed by atoms with Gasteiger partial charge in [-0.3, -0.25) is 9.36 Å². The second-order valence-corrected chi connectivity index (χ2v) is 6.92. The van der Waals surface area contributed by atoms with Gasteiger partial charge >= 0.3 is 0 Å². The SMILES string of the molecule is COc1ccc2c(ccn2CC(=O)Nc2ccc(-n3cnc4ccccc43)nc2)c1. The molecule has 0 unspecified atom stereocenters. The summed E-state index contributed by atoms with van der Waals surface area (Å²) in [6.07, 6.45) is 5.30. The summed E-state index contributed by atoms with van der Waals surface area (Å²) in [6.45, 7) is 0.212. The maximum absolute atomic E-state index is 12.5. The molecule has 1 amide bonds. The number of amides is 1. The molecule has 2 aromatic carbocycles. The Hall–Kier alpha value is -4.13. The van der Waals surface area contributed by atoms with Crippen LogP contribution in [0.4, 0.5) is 5.69 Å². The fourth-order valence-corrected chi connectivity index (χ4v) is 3.54. The Balaban J connectivity index is 1.31. The van der Waals surface area contributed by atoms with E-state index in [-0.39, 0.29) is 12.5 Å². The molecule has 0 bridgehead atoms. The molecule has 5 aromatic rings. The molecule has 0 fully saturated rings. The summed E-state index contributed by atoms with van der Waals surface area (Å²) in [5.41, 5.74) is 3.52. The molecule has 1 N–H and O–H groups in total. The van der Waals surface area contributed by atoms with E-state index in [0.717, 1.165) is 33.5 Å². The number of nitrogens with one attached hydrogen (secondary N) is 1. The number of carbonyl (C=O) groups is 1. The van der Waals surface area contributed by atoms with Crippen LogP contribution in [0.15, 0.2) is 79.4 Å². The number of pyridine rings is 1. The number of para-hydroxylation sites is 2. The first-order valence-corrected chi connectivity index (χ1v) is 9.52. The minimum Gasteiger partial charge on any atom is -0.497 e. The molecule has 0 aliphatic carbocycles. The number of nitrogens with zero attached hydrogens (tertiary/aromatic N) is 4. The van der Waals surface area contributed by atoms with Crippen LogP contribution in [0.25, 0.3) is 27.8 Å². The summed E-state index contributed by atoms with van der Waals surface area (Å²) in [5, 5.41) is 3.93. The largest absolute Gasteiger partial charge is 0.497 e. The highest BCUT2D eigenvalue weighted by Crippen LogP contribution is 2.22. The van der Waals surface area contributed by atoms with Crippen LogP contribution >= 0.6 is 0 Å². The third kappa shape index (κ3) is 3.26. The summed E-state index contributed by atoms with van der Waals surface area (Å²) in [4.78, 5) is 21.4. The summed E-state index contributed by atoms with van der Waals surface area (Å²) in [7, 11) is 1.64. The highest BCUT2D eigenvalue weighted by molar-refractivity contribution is 5.92. The van der Waals surface area contributed by atoms with Gasteiger partial charge in [0.15, 0.2) is 0 Å². The number of carbonyl (C=O) groups excluding carboxylic acids is 1. The van der Waals surface area contributed by atoms with Gasteiger partial charge in [-0.2, -0.15) is 0 Å². The predicted molar refractivity (Wildman–Crippen MR) is 116 cm³/mol. The van der Waals surface area contributed by atoms with Crippen LogP contribution in [-0.4, -0.2) is 32.1 Å². The van der Waals surface area contributed by atoms with Crippen molar-refractivity contribution in [3.63, 3.8) is 0 Å². The third-order valence-corrected chi connectivity index (χ3v) is 5.02. The van der Waals surface area contributed by atoms with Crippen molar-refractivity contribution in [1.82, 2.24) is 19.1 Å². The molecule has 0 saturated carbocycles. The van der Waals surface area contributed by atoms with E-state index in [9.17, 15) is 4.79 Å². The molecule has 3 heterocycles. The molecule has 3 aromatic heterocycles. The Morgan fingerprint density at radius 2 is 1.93 bits per heavy atom. The average Bonchev–Trinajstić information content (AvgIpc) is 3.38. The summed E-state index contributed by atoms with van der Waals surface area (Å²) in [5.74, 6) is 1.42. The van der Waals surface area contributed by atoms with Crippen molar-refractivity contribution in [2.45, 2.75) is 6.54 Å².